The highest BCUT2D eigenvalue weighted by Gasteiger charge is 2.23. The van der Waals surface area contributed by atoms with Crippen molar-refractivity contribution < 1.29 is 4.79 Å². The monoisotopic (exact) mass is 280 g/mol. The number of benzene rings is 1. The average Bonchev–Trinajstić information content (AvgIpc) is 2.40. The van der Waals surface area contributed by atoms with Crippen LogP contribution >= 0.6 is 11.6 Å². The van der Waals surface area contributed by atoms with Crippen LogP contribution in [0.25, 0.3) is 0 Å². The summed E-state index contributed by atoms with van der Waals surface area (Å²) >= 11 is 6.05. The Kier molecular flexibility index (Phi) is 5.23. The maximum absolute atomic E-state index is 11.9. The summed E-state index contributed by atoms with van der Waals surface area (Å²) in [5, 5.41) is 3.62. The number of hydrogen-bond donors (Lipinski definition) is 2. The SMILES string of the molecule is NC1CCCCC1CC(=O)NCc1ccccc1Cl. The molecule has 0 aliphatic heterocycles. The minimum absolute atomic E-state index is 0.0715. The lowest BCUT2D eigenvalue weighted by molar-refractivity contribution is -0.122. The zero-order valence-electron chi connectivity index (χ0n) is 11.1. The Morgan fingerprint density at radius 3 is 2.79 bits per heavy atom. The molecule has 0 heterocycles. The first kappa shape index (κ1) is 14.4. The van der Waals surface area contributed by atoms with Crippen molar-refractivity contribution in [1.82, 2.24) is 5.32 Å². The molecule has 0 saturated heterocycles. The van der Waals surface area contributed by atoms with Crippen LogP contribution in [0.5, 0.6) is 0 Å². The van der Waals surface area contributed by atoms with E-state index in [1.54, 1.807) is 0 Å². The third-order valence-corrected chi connectivity index (χ3v) is 4.22. The molecule has 1 aliphatic rings. The maximum Gasteiger partial charge on any atom is 0.220 e. The van der Waals surface area contributed by atoms with Gasteiger partial charge in [-0.1, -0.05) is 42.6 Å². The number of nitrogens with two attached hydrogens (primary N) is 1. The van der Waals surface area contributed by atoms with E-state index in [2.05, 4.69) is 5.32 Å². The summed E-state index contributed by atoms with van der Waals surface area (Å²) in [4.78, 5) is 11.9. The molecule has 3 nitrogen and oxygen atoms in total. The van der Waals surface area contributed by atoms with Gasteiger partial charge in [0.1, 0.15) is 0 Å². The van der Waals surface area contributed by atoms with Gasteiger partial charge in [0.25, 0.3) is 0 Å². The molecular formula is C15H21ClN2O. The van der Waals surface area contributed by atoms with Gasteiger partial charge in [-0.15, -0.1) is 0 Å². The van der Waals surface area contributed by atoms with E-state index in [0.717, 1.165) is 18.4 Å². The van der Waals surface area contributed by atoms with Crippen molar-refractivity contribution in [1.29, 1.82) is 0 Å². The van der Waals surface area contributed by atoms with Crippen LogP contribution < -0.4 is 11.1 Å². The van der Waals surface area contributed by atoms with Crippen molar-refractivity contribution in [3.8, 4) is 0 Å². The Bertz CT molecular complexity index is 436. The molecule has 0 bridgehead atoms. The third kappa shape index (κ3) is 4.22. The first-order chi connectivity index (χ1) is 9.16. The molecule has 1 fully saturated rings. The van der Waals surface area contributed by atoms with E-state index < -0.39 is 0 Å². The molecule has 1 aromatic carbocycles. The van der Waals surface area contributed by atoms with E-state index in [4.69, 9.17) is 17.3 Å². The zero-order valence-corrected chi connectivity index (χ0v) is 11.8. The summed E-state index contributed by atoms with van der Waals surface area (Å²) in [5.41, 5.74) is 7.01. The second kappa shape index (κ2) is 6.92. The van der Waals surface area contributed by atoms with Crippen LogP contribution in [-0.4, -0.2) is 11.9 Å². The van der Waals surface area contributed by atoms with E-state index in [-0.39, 0.29) is 11.9 Å². The highest BCUT2D eigenvalue weighted by Crippen LogP contribution is 2.25. The summed E-state index contributed by atoms with van der Waals surface area (Å²) in [6.07, 6.45) is 5.03. The fraction of sp³-hybridized carbons (Fsp3) is 0.533. The summed E-state index contributed by atoms with van der Waals surface area (Å²) < 4.78 is 0. The summed E-state index contributed by atoms with van der Waals surface area (Å²) in [6.45, 7) is 0.487. The van der Waals surface area contributed by atoms with Gasteiger partial charge < -0.3 is 11.1 Å². The third-order valence-electron chi connectivity index (χ3n) is 3.85. The highest BCUT2D eigenvalue weighted by atomic mass is 35.5. The van der Waals surface area contributed by atoms with Gasteiger partial charge in [-0.25, -0.2) is 0 Å². The summed E-state index contributed by atoms with van der Waals surface area (Å²) in [6, 6.07) is 7.74. The Labute approximate surface area is 119 Å². The molecule has 104 valence electrons. The molecule has 0 aromatic heterocycles. The molecule has 1 saturated carbocycles. The molecule has 19 heavy (non-hydrogen) atoms. The predicted molar refractivity (Wildman–Crippen MR) is 77.8 cm³/mol. The van der Waals surface area contributed by atoms with Gasteiger partial charge in [0.2, 0.25) is 5.91 Å². The zero-order chi connectivity index (χ0) is 13.7. The molecular weight excluding hydrogens is 260 g/mol. The van der Waals surface area contributed by atoms with E-state index >= 15 is 0 Å². The number of nitrogens with one attached hydrogen (secondary N) is 1. The Balaban J connectivity index is 1.80. The van der Waals surface area contributed by atoms with Crippen LogP contribution in [0.15, 0.2) is 24.3 Å². The molecule has 3 N–H and O–H groups in total. The highest BCUT2D eigenvalue weighted by molar-refractivity contribution is 6.31. The molecule has 2 rings (SSSR count). The normalized spacial score (nSPS) is 23.1. The lowest BCUT2D eigenvalue weighted by Crippen LogP contribution is -2.37. The average molecular weight is 281 g/mol. The van der Waals surface area contributed by atoms with Crippen molar-refractivity contribution in [2.24, 2.45) is 11.7 Å². The van der Waals surface area contributed by atoms with Crippen molar-refractivity contribution >= 4 is 17.5 Å². The minimum atomic E-state index is 0.0715. The van der Waals surface area contributed by atoms with Crippen LogP contribution in [0.2, 0.25) is 5.02 Å². The van der Waals surface area contributed by atoms with Crippen molar-refractivity contribution in [3.05, 3.63) is 34.9 Å². The van der Waals surface area contributed by atoms with Crippen LogP contribution in [0.3, 0.4) is 0 Å². The van der Waals surface area contributed by atoms with Crippen LogP contribution in [-0.2, 0) is 11.3 Å². The molecule has 2 atom stereocenters. The van der Waals surface area contributed by atoms with Gasteiger partial charge in [-0.05, 0) is 30.4 Å². The second-order valence-corrected chi connectivity index (χ2v) is 5.69. The smallest absolute Gasteiger partial charge is 0.220 e. The molecule has 2 unspecified atom stereocenters. The van der Waals surface area contributed by atoms with E-state index in [9.17, 15) is 4.79 Å². The van der Waals surface area contributed by atoms with E-state index in [1.165, 1.54) is 12.8 Å². The number of carbonyl (C=O) groups is 1. The largest absolute Gasteiger partial charge is 0.352 e. The van der Waals surface area contributed by atoms with Gasteiger partial charge in [-0.2, -0.15) is 0 Å². The van der Waals surface area contributed by atoms with Crippen LogP contribution in [0, 0.1) is 5.92 Å². The van der Waals surface area contributed by atoms with Crippen LogP contribution in [0.4, 0.5) is 0 Å². The predicted octanol–water partition coefficient (Wildman–Crippen LogP) is 2.86. The Morgan fingerprint density at radius 1 is 1.32 bits per heavy atom. The van der Waals surface area contributed by atoms with Gasteiger partial charge in [0.15, 0.2) is 0 Å². The van der Waals surface area contributed by atoms with Crippen molar-refractivity contribution in [2.75, 3.05) is 0 Å². The second-order valence-electron chi connectivity index (χ2n) is 5.28. The van der Waals surface area contributed by atoms with Gasteiger partial charge in [-0.3, -0.25) is 4.79 Å². The minimum Gasteiger partial charge on any atom is -0.352 e. The first-order valence-electron chi connectivity index (χ1n) is 6.92. The number of halogens is 1. The first-order valence-corrected chi connectivity index (χ1v) is 7.30. The summed E-state index contributed by atoms with van der Waals surface area (Å²) in [5.74, 6) is 0.405. The molecule has 1 amide bonds. The number of hydrogen-bond acceptors (Lipinski definition) is 2. The fourth-order valence-electron chi connectivity index (χ4n) is 2.64. The standard InChI is InChI=1S/C15H21ClN2O/c16-13-7-3-1-6-12(13)10-18-15(19)9-11-5-2-4-8-14(11)17/h1,3,6-7,11,14H,2,4-5,8-10,17H2,(H,18,19). The molecule has 4 heteroatoms. The topological polar surface area (TPSA) is 55.1 Å². The molecule has 1 aromatic rings. The Morgan fingerprint density at radius 2 is 2.05 bits per heavy atom. The number of amides is 1. The lowest BCUT2D eigenvalue weighted by Gasteiger charge is -2.27. The molecule has 0 radical (unpaired) electrons. The quantitative estimate of drug-likeness (QED) is 0.891. The molecule has 1 aliphatic carbocycles. The van der Waals surface area contributed by atoms with E-state index in [1.807, 2.05) is 24.3 Å². The fourth-order valence-corrected chi connectivity index (χ4v) is 2.84. The van der Waals surface area contributed by atoms with E-state index in [0.29, 0.717) is 23.9 Å². The lowest BCUT2D eigenvalue weighted by atomic mass is 9.83. The number of carbonyl (C=O) groups excluding carboxylic acids is 1. The molecule has 0 spiro atoms. The van der Waals surface area contributed by atoms with Crippen LogP contribution in [0.1, 0.15) is 37.7 Å². The summed E-state index contributed by atoms with van der Waals surface area (Å²) in [7, 11) is 0. The maximum atomic E-state index is 11.9. The Hall–Kier alpha value is -1.06. The van der Waals surface area contributed by atoms with Gasteiger partial charge in [0, 0.05) is 24.0 Å². The van der Waals surface area contributed by atoms with Crippen molar-refractivity contribution in [3.63, 3.8) is 0 Å². The van der Waals surface area contributed by atoms with Crippen molar-refractivity contribution in [2.45, 2.75) is 44.7 Å². The van der Waals surface area contributed by atoms with Gasteiger partial charge >= 0.3 is 0 Å². The van der Waals surface area contributed by atoms with Gasteiger partial charge in [0.05, 0.1) is 0 Å². The number of rotatable bonds is 4.